The molecule has 2 aliphatic heterocycles. The number of hydrogen-bond acceptors (Lipinski definition) is 5. The third kappa shape index (κ3) is 9.53. The molecule has 0 saturated carbocycles. The van der Waals surface area contributed by atoms with Crippen LogP contribution in [0.25, 0.3) is 0 Å². The van der Waals surface area contributed by atoms with Gasteiger partial charge in [-0.3, -0.25) is 4.79 Å². The molecule has 6 nitrogen and oxygen atoms in total. The Morgan fingerprint density at radius 2 is 1.65 bits per heavy atom. The largest absolute Gasteiger partial charge is 0.386 e. The fourth-order valence-electron chi connectivity index (χ4n) is 5.27. The Morgan fingerprint density at radius 1 is 0.973 bits per heavy atom. The van der Waals surface area contributed by atoms with Crippen molar-refractivity contribution >= 4 is 5.91 Å². The monoisotopic (exact) mass is 508 g/mol. The molecule has 2 fully saturated rings. The van der Waals surface area contributed by atoms with Gasteiger partial charge in [0, 0.05) is 32.8 Å². The summed E-state index contributed by atoms with van der Waals surface area (Å²) >= 11 is 0. The van der Waals surface area contributed by atoms with E-state index in [1.807, 2.05) is 18.2 Å². The van der Waals surface area contributed by atoms with Crippen LogP contribution in [0.5, 0.6) is 0 Å². The van der Waals surface area contributed by atoms with Crippen LogP contribution in [-0.4, -0.2) is 67.5 Å². The molecule has 0 spiro atoms. The second-order valence-electron chi connectivity index (χ2n) is 10.5. The van der Waals surface area contributed by atoms with Crippen molar-refractivity contribution < 1.29 is 19.4 Å². The van der Waals surface area contributed by atoms with E-state index in [1.165, 1.54) is 24.0 Å². The molecule has 4 rings (SSSR count). The molecule has 2 aromatic rings. The first-order valence-electron chi connectivity index (χ1n) is 14.2. The fourth-order valence-corrected chi connectivity index (χ4v) is 5.27. The number of nitrogens with one attached hydrogen (secondary N) is 1. The van der Waals surface area contributed by atoms with Crippen LogP contribution in [0.2, 0.25) is 0 Å². The minimum atomic E-state index is -0.732. The van der Waals surface area contributed by atoms with E-state index < -0.39 is 6.10 Å². The van der Waals surface area contributed by atoms with Crippen molar-refractivity contribution in [3.05, 3.63) is 71.3 Å². The second-order valence-corrected chi connectivity index (χ2v) is 10.5. The van der Waals surface area contributed by atoms with Crippen molar-refractivity contribution in [3.63, 3.8) is 0 Å². The van der Waals surface area contributed by atoms with Gasteiger partial charge in [0.1, 0.15) is 6.10 Å². The number of carbonyl (C=O) groups is 1. The third-order valence-corrected chi connectivity index (χ3v) is 7.57. The highest BCUT2D eigenvalue weighted by Crippen LogP contribution is 2.21. The maximum Gasteiger partial charge on any atom is 0.220 e. The molecule has 0 bridgehead atoms. The highest BCUT2D eigenvalue weighted by atomic mass is 16.5. The van der Waals surface area contributed by atoms with Gasteiger partial charge in [-0.2, -0.15) is 0 Å². The van der Waals surface area contributed by atoms with Crippen LogP contribution in [-0.2, 0) is 27.1 Å². The first-order valence-corrected chi connectivity index (χ1v) is 14.2. The van der Waals surface area contributed by atoms with Crippen LogP contribution in [0.15, 0.2) is 54.6 Å². The molecule has 0 radical (unpaired) electrons. The van der Waals surface area contributed by atoms with Gasteiger partial charge in [0.15, 0.2) is 0 Å². The Bertz CT molecular complexity index is 909. The van der Waals surface area contributed by atoms with Gasteiger partial charge in [-0.25, -0.2) is 0 Å². The summed E-state index contributed by atoms with van der Waals surface area (Å²) in [7, 11) is 0. The zero-order valence-corrected chi connectivity index (χ0v) is 22.2. The van der Waals surface area contributed by atoms with Crippen molar-refractivity contribution in [2.24, 2.45) is 0 Å². The SMILES string of the molecule is O=C(CCCCOC1CCOCC1)N[C@H](CN1CCCC1)[C@@H](O)c1ccc(CCc2ccccc2)cc1. The molecule has 2 N–H and O–H groups in total. The van der Waals surface area contributed by atoms with Gasteiger partial charge in [-0.15, -0.1) is 0 Å². The number of ether oxygens (including phenoxy) is 2. The van der Waals surface area contributed by atoms with Crippen LogP contribution in [0, 0.1) is 0 Å². The molecular formula is C31H44N2O4. The number of amides is 1. The van der Waals surface area contributed by atoms with Gasteiger partial charge in [0.2, 0.25) is 5.91 Å². The van der Waals surface area contributed by atoms with Crippen LogP contribution in [0.4, 0.5) is 0 Å². The Hall–Kier alpha value is -2.25. The number of carbonyl (C=O) groups excluding carboxylic acids is 1. The number of likely N-dealkylation sites (tertiary alicyclic amines) is 1. The normalized spacial score (nSPS) is 18.5. The van der Waals surface area contributed by atoms with Gasteiger partial charge in [0.05, 0.1) is 12.1 Å². The summed E-state index contributed by atoms with van der Waals surface area (Å²) in [5.74, 6) is 0.00814. The van der Waals surface area contributed by atoms with Crippen LogP contribution >= 0.6 is 0 Å². The van der Waals surface area contributed by atoms with E-state index in [0.29, 0.717) is 25.7 Å². The van der Waals surface area contributed by atoms with Gasteiger partial charge in [-0.05, 0) is 81.1 Å². The highest BCUT2D eigenvalue weighted by molar-refractivity contribution is 5.76. The number of benzene rings is 2. The summed E-state index contributed by atoms with van der Waals surface area (Å²) in [6.45, 7) is 4.99. The van der Waals surface area contributed by atoms with E-state index in [2.05, 4.69) is 46.6 Å². The number of rotatable bonds is 14. The Labute approximate surface area is 222 Å². The average molecular weight is 509 g/mol. The molecule has 2 saturated heterocycles. The topological polar surface area (TPSA) is 71.0 Å². The molecule has 2 aromatic carbocycles. The van der Waals surface area contributed by atoms with E-state index in [0.717, 1.165) is 70.4 Å². The minimum Gasteiger partial charge on any atom is -0.386 e. The highest BCUT2D eigenvalue weighted by Gasteiger charge is 2.26. The van der Waals surface area contributed by atoms with Crippen molar-refractivity contribution in [3.8, 4) is 0 Å². The molecule has 37 heavy (non-hydrogen) atoms. The summed E-state index contributed by atoms with van der Waals surface area (Å²) in [4.78, 5) is 15.2. The van der Waals surface area contributed by atoms with E-state index in [4.69, 9.17) is 9.47 Å². The molecule has 1 amide bonds. The van der Waals surface area contributed by atoms with Gasteiger partial charge in [-0.1, -0.05) is 54.6 Å². The number of aryl methyl sites for hydroxylation is 2. The van der Waals surface area contributed by atoms with E-state index in [9.17, 15) is 9.90 Å². The number of nitrogens with zero attached hydrogens (tertiary/aromatic N) is 1. The number of unbranched alkanes of at least 4 members (excludes halogenated alkanes) is 1. The predicted molar refractivity (Wildman–Crippen MR) is 147 cm³/mol. The van der Waals surface area contributed by atoms with Crippen molar-refractivity contribution in [2.45, 2.75) is 76.0 Å². The molecule has 2 heterocycles. The molecule has 6 heteroatoms. The lowest BCUT2D eigenvalue weighted by atomic mass is 9.98. The molecular weight excluding hydrogens is 464 g/mol. The van der Waals surface area contributed by atoms with Crippen molar-refractivity contribution in [1.29, 1.82) is 0 Å². The predicted octanol–water partition coefficient (Wildman–Crippen LogP) is 4.45. The third-order valence-electron chi connectivity index (χ3n) is 7.57. The van der Waals surface area contributed by atoms with Gasteiger partial charge >= 0.3 is 0 Å². The minimum absolute atomic E-state index is 0.00814. The average Bonchev–Trinajstić information content (AvgIpc) is 3.46. The first-order chi connectivity index (χ1) is 18.2. The molecule has 0 unspecified atom stereocenters. The van der Waals surface area contributed by atoms with Crippen LogP contribution < -0.4 is 5.32 Å². The van der Waals surface area contributed by atoms with Crippen LogP contribution in [0.3, 0.4) is 0 Å². The molecule has 202 valence electrons. The zero-order valence-electron chi connectivity index (χ0n) is 22.2. The summed E-state index contributed by atoms with van der Waals surface area (Å²) in [5, 5.41) is 14.4. The van der Waals surface area contributed by atoms with Crippen molar-refractivity contribution in [2.75, 3.05) is 39.5 Å². The summed E-state index contributed by atoms with van der Waals surface area (Å²) in [6, 6.07) is 18.4. The Morgan fingerprint density at radius 3 is 2.35 bits per heavy atom. The standard InChI is InChI=1S/C31H44N2O4/c34-30(10-4-7-21-37-28-17-22-36-23-18-28)32-29(24-33-19-5-6-20-33)31(35)27-15-13-26(14-16-27)12-11-25-8-2-1-3-9-25/h1-3,8-9,13-16,28-29,31,35H,4-7,10-12,17-24H2,(H,32,34)/t29-,31+/m1/s1. The second kappa shape index (κ2) is 15.2. The van der Waals surface area contributed by atoms with E-state index in [-0.39, 0.29) is 11.9 Å². The summed E-state index contributed by atoms with van der Waals surface area (Å²) in [6.07, 6.45) is 7.93. The summed E-state index contributed by atoms with van der Waals surface area (Å²) in [5.41, 5.74) is 3.44. The van der Waals surface area contributed by atoms with E-state index >= 15 is 0 Å². The quantitative estimate of drug-likeness (QED) is 0.369. The number of aliphatic hydroxyl groups is 1. The number of hydrogen-bond donors (Lipinski definition) is 2. The lowest BCUT2D eigenvalue weighted by molar-refractivity contribution is -0.123. The summed E-state index contributed by atoms with van der Waals surface area (Å²) < 4.78 is 11.3. The Balaban J connectivity index is 1.25. The maximum atomic E-state index is 12.8. The number of aliphatic hydroxyl groups excluding tert-OH is 1. The lowest BCUT2D eigenvalue weighted by Crippen LogP contribution is -2.46. The molecule has 0 aromatic heterocycles. The van der Waals surface area contributed by atoms with Gasteiger partial charge < -0.3 is 24.8 Å². The van der Waals surface area contributed by atoms with Gasteiger partial charge in [0.25, 0.3) is 0 Å². The zero-order chi connectivity index (χ0) is 25.7. The van der Waals surface area contributed by atoms with Crippen LogP contribution in [0.1, 0.15) is 67.7 Å². The first kappa shape index (κ1) is 27.8. The molecule has 2 atom stereocenters. The molecule has 0 aliphatic carbocycles. The fraction of sp³-hybridized carbons (Fsp3) is 0.581. The van der Waals surface area contributed by atoms with Crippen molar-refractivity contribution in [1.82, 2.24) is 10.2 Å². The maximum absolute atomic E-state index is 12.8. The Kier molecular flexibility index (Phi) is 11.4. The molecule has 2 aliphatic rings. The van der Waals surface area contributed by atoms with E-state index in [1.54, 1.807) is 0 Å². The smallest absolute Gasteiger partial charge is 0.220 e. The lowest BCUT2D eigenvalue weighted by Gasteiger charge is -2.29.